The van der Waals surface area contributed by atoms with Crippen molar-refractivity contribution >= 4 is 42.9 Å². The fraction of sp³-hybridized carbons (Fsp3) is 0.240. The van der Waals surface area contributed by atoms with Crippen LogP contribution in [0.4, 0.5) is 5.69 Å². The standard InChI is InChI=1S/C25H23N5O3S2/c1-2-33-16-11-13-17(14-12-16)35(31,32)29-20-9-5-3-7-18(20)23-27-24-22-19-8-4-6-10-21(19)34-25(22)26-15-30(24)28-23/h3,5,7,9,11-15,29H,2,4,6,8,10H2,1H3. The molecule has 3 heterocycles. The highest BCUT2D eigenvalue weighted by Crippen LogP contribution is 2.38. The molecule has 10 heteroatoms. The average Bonchev–Trinajstić information content (AvgIpc) is 3.46. The molecular weight excluding hydrogens is 482 g/mol. The number of anilines is 1. The Morgan fingerprint density at radius 3 is 2.71 bits per heavy atom. The van der Waals surface area contributed by atoms with E-state index in [1.54, 1.807) is 46.4 Å². The third-order valence-electron chi connectivity index (χ3n) is 6.15. The van der Waals surface area contributed by atoms with Gasteiger partial charge in [0.05, 0.1) is 22.6 Å². The number of sulfonamides is 1. The maximum atomic E-state index is 13.1. The van der Waals surface area contributed by atoms with E-state index in [0.717, 1.165) is 35.1 Å². The van der Waals surface area contributed by atoms with Crippen molar-refractivity contribution in [3.8, 4) is 17.1 Å². The van der Waals surface area contributed by atoms with Crippen LogP contribution in [0.1, 0.15) is 30.2 Å². The molecule has 5 aromatic rings. The summed E-state index contributed by atoms with van der Waals surface area (Å²) in [6.45, 7) is 2.39. The molecule has 0 radical (unpaired) electrons. The van der Waals surface area contributed by atoms with E-state index >= 15 is 0 Å². The van der Waals surface area contributed by atoms with Crippen LogP contribution < -0.4 is 9.46 Å². The molecule has 1 aliphatic carbocycles. The molecule has 1 N–H and O–H groups in total. The van der Waals surface area contributed by atoms with E-state index in [4.69, 9.17) is 9.72 Å². The van der Waals surface area contributed by atoms with Crippen molar-refractivity contribution in [3.63, 3.8) is 0 Å². The third kappa shape index (κ3) is 3.92. The predicted molar refractivity (Wildman–Crippen MR) is 137 cm³/mol. The van der Waals surface area contributed by atoms with Gasteiger partial charge in [-0.3, -0.25) is 4.72 Å². The quantitative estimate of drug-likeness (QED) is 0.345. The number of nitrogens with one attached hydrogen (secondary N) is 1. The smallest absolute Gasteiger partial charge is 0.261 e. The normalized spacial score (nSPS) is 13.7. The number of aromatic nitrogens is 4. The summed E-state index contributed by atoms with van der Waals surface area (Å²) in [7, 11) is -3.82. The minimum Gasteiger partial charge on any atom is -0.494 e. The lowest BCUT2D eigenvalue weighted by atomic mass is 9.97. The molecule has 3 aromatic heterocycles. The Bertz CT molecular complexity index is 1660. The zero-order valence-electron chi connectivity index (χ0n) is 19.1. The zero-order chi connectivity index (χ0) is 24.0. The summed E-state index contributed by atoms with van der Waals surface area (Å²) in [5.41, 5.74) is 3.10. The van der Waals surface area contributed by atoms with Gasteiger partial charge in [0, 0.05) is 10.4 Å². The minimum absolute atomic E-state index is 0.148. The van der Waals surface area contributed by atoms with E-state index in [9.17, 15) is 8.42 Å². The van der Waals surface area contributed by atoms with E-state index in [0.29, 0.717) is 29.4 Å². The van der Waals surface area contributed by atoms with Crippen LogP contribution in [0.5, 0.6) is 5.75 Å². The van der Waals surface area contributed by atoms with Gasteiger partial charge in [0.15, 0.2) is 11.5 Å². The number of nitrogens with zero attached hydrogens (tertiary/aromatic N) is 4. The molecule has 0 bridgehead atoms. The van der Waals surface area contributed by atoms with Gasteiger partial charge in [-0.15, -0.1) is 16.4 Å². The Balaban J connectivity index is 1.40. The molecule has 178 valence electrons. The zero-order valence-corrected chi connectivity index (χ0v) is 20.7. The van der Waals surface area contributed by atoms with Crippen LogP contribution in [0.15, 0.2) is 59.8 Å². The summed E-state index contributed by atoms with van der Waals surface area (Å²) >= 11 is 1.74. The number of aryl methyl sites for hydroxylation is 2. The van der Waals surface area contributed by atoms with Crippen LogP contribution in [-0.4, -0.2) is 34.6 Å². The molecule has 0 saturated heterocycles. The first-order valence-electron chi connectivity index (χ1n) is 11.5. The van der Waals surface area contributed by atoms with Gasteiger partial charge in [0.2, 0.25) is 0 Å². The fourth-order valence-electron chi connectivity index (χ4n) is 4.52. The van der Waals surface area contributed by atoms with E-state index in [-0.39, 0.29) is 4.90 Å². The lowest BCUT2D eigenvalue weighted by Crippen LogP contribution is -2.13. The van der Waals surface area contributed by atoms with Crippen molar-refractivity contribution < 1.29 is 13.2 Å². The molecule has 0 amide bonds. The van der Waals surface area contributed by atoms with Crippen molar-refractivity contribution in [2.75, 3.05) is 11.3 Å². The Kier molecular flexibility index (Phi) is 5.42. The van der Waals surface area contributed by atoms with E-state index in [2.05, 4.69) is 14.8 Å². The summed E-state index contributed by atoms with van der Waals surface area (Å²) in [6.07, 6.45) is 6.16. The number of rotatable bonds is 6. The number of fused-ring (bicyclic) bond motifs is 5. The molecule has 0 spiro atoms. The molecule has 0 unspecified atom stereocenters. The van der Waals surface area contributed by atoms with Crippen LogP contribution in [0.2, 0.25) is 0 Å². The first kappa shape index (κ1) is 22.0. The summed E-state index contributed by atoms with van der Waals surface area (Å²) in [5, 5.41) is 5.72. The minimum atomic E-state index is -3.82. The van der Waals surface area contributed by atoms with E-state index in [1.807, 2.05) is 19.1 Å². The Morgan fingerprint density at radius 1 is 1.09 bits per heavy atom. The topological polar surface area (TPSA) is 98.5 Å². The first-order chi connectivity index (χ1) is 17.0. The van der Waals surface area contributed by atoms with Crippen molar-refractivity contribution in [2.45, 2.75) is 37.5 Å². The van der Waals surface area contributed by atoms with E-state index in [1.165, 1.54) is 29.0 Å². The van der Waals surface area contributed by atoms with Crippen molar-refractivity contribution in [2.24, 2.45) is 0 Å². The summed E-state index contributed by atoms with van der Waals surface area (Å²) in [5.74, 6) is 1.07. The van der Waals surface area contributed by atoms with Gasteiger partial charge in [-0.05, 0) is 74.6 Å². The van der Waals surface area contributed by atoms with Gasteiger partial charge in [-0.2, -0.15) is 0 Å². The molecule has 0 fully saturated rings. The lowest BCUT2D eigenvalue weighted by molar-refractivity contribution is 0.340. The maximum Gasteiger partial charge on any atom is 0.261 e. The second-order valence-corrected chi connectivity index (χ2v) is 11.2. The van der Waals surface area contributed by atoms with Crippen LogP contribution >= 0.6 is 11.3 Å². The molecule has 2 aromatic carbocycles. The average molecular weight is 506 g/mol. The third-order valence-corrected chi connectivity index (χ3v) is 8.73. The molecule has 0 aliphatic heterocycles. The van der Waals surface area contributed by atoms with Gasteiger partial charge in [-0.1, -0.05) is 12.1 Å². The number of hydrogen-bond acceptors (Lipinski definition) is 7. The number of hydrogen-bond donors (Lipinski definition) is 1. The van der Waals surface area contributed by atoms with Gasteiger partial charge in [0.1, 0.15) is 16.9 Å². The van der Waals surface area contributed by atoms with Crippen LogP contribution in [0.25, 0.3) is 27.3 Å². The lowest BCUT2D eigenvalue weighted by Gasteiger charge is -2.11. The second-order valence-electron chi connectivity index (χ2n) is 8.39. The highest BCUT2D eigenvalue weighted by atomic mass is 32.2. The largest absolute Gasteiger partial charge is 0.494 e. The van der Waals surface area contributed by atoms with Crippen molar-refractivity contribution in [1.29, 1.82) is 0 Å². The number of ether oxygens (including phenoxy) is 1. The number of thiophene rings is 1. The van der Waals surface area contributed by atoms with Crippen molar-refractivity contribution in [3.05, 3.63) is 65.3 Å². The first-order valence-corrected chi connectivity index (χ1v) is 13.8. The van der Waals surface area contributed by atoms with Crippen LogP contribution in [0.3, 0.4) is 0 Å². The number of benzene rings is 2. The van der Waals surface area contributed by atoms with Crippen LogP contribution in [0, 0.1) is 0 Å². The van der Waals surface area contributed by atoms with Gasteiger partial charge in [-0.25, -0.2) is 22.9 Å². The number of para-hydroxylation sites is 1. The molecule has 35 heavy (non-hydrogen) atoms. The molecule has 6 rings (SSSR count). The summed E-state index contributed by atoms with van der Waals surface area (Å²) < 4.78 is 36.1. The molecule has 0 atom stereocenters. The monoisotopic (exact) mass is 505 g/mol. The molecular formula is C25H23N5O3S2. The highest BCUT2D eigenvalue weighted by Gasteiger charge is 2.22. The van der Waals surface area contributed by atoms with Gasteiger partial charge < -0.3 is 4.74 Å². The fourth-order valence-corrected chi connectivity index (χ4v) is 6.82. The highest BCUT2D eigenvalue weighted by molar-refractivity contribution is 7.92. The van der Waals surface area contributed by atoms with E-state index < -0.39 is 10.0 Å². The van der Waals surface area contributed by atoms with Gasteiger partial charge in [0.25, 0.3) is 10.0 Å². The molecule has 1 aliphatic rings. The Morgan fingerprint density at radius 2 is 1.89 bits per heavy atom. The van der Waals surface area contributed by atoms with Crippen molar-refractivity contribution in [1.82, 2.24) is 19.6 Å². The predicted octanol–water partition coefficient (Wildman–Crippen LogP) is 5.08. The summed E-state index contributed by atoms with van der Waals surface area (Å²) in [4.78, 5) is 12.0. The van der Waals surface area contributed by atoms with Gasteiger partial charge >= 0.3 is 0 Å². The Hall–Kier alpha value is -3.50. The molecule has 0 saturated carbocycles. The second kappa shape index (κ2) is 8.62. The maximum absolute atomic E-state index is 13.1. The van der Waals surface area contributed by atoms with Crippen LogP contribution in [-0.2, 0) is 22.9 Å². The SMILES string of the molecule is CCOc1ccc(S(=O)(=O)Nc2ccccc2-c2nc3c4c5c(sc4ncn3n2)CCCC5)cc1. The summed E-state index contributed by atoms with van der Waals surface area (Å²) in [6, 6.07) is 13.5. The Labute approximate surface area is 206 Å². The molecule has 8 nitrogen and oxygen atoms in total.